The Bertz CT molecular complexity index is 605. The first kappa shape index (κ1) is 13.2. The van der Waals surface area contributed by atoms with Crippen LogP contribution in [0.2, 0.25) is 0 Å². The van der Waals surface area contributed by atoms with E-state index >= 15 is 0 Å². The molecule has 19 heavy (non-hydrogen) atoms. The van der Waals surface area contributed by atoms with E-state index in [0.717, 1.165) is 4.88 Å². The zero-order valence-corrected chi connectivity index (χ0v) is 11.4. The number of thiazole rings is 1. The van der Waals surface area contributed by atoms with Crippen LogP contribution in [0.4, 0.5) is 11.4 Å². The number of aryl methyl sites for hydroxylation is 1. The van der Waals surface area contributed by atoms with Crippen molar-refractivity contribution in [1.82, 2.24) is 4.98 Å². The van der Waals surface area contributed by atoms with Crippen LogP contribution in [-0.2, 0) is 4.79 Å². The second-order valence-electron chi connectivity index (χ2n) is 3.97. The summed E-state index contributed by atoms with van der Waals surface area (Å²) in [5, 5.41) is 5.42. The Labute approximate surface area is 114 Å². The van der Waals surface area contributed by atoms with E-state index < -0.39 is 0 Å². The maximum atomic E-state index is 11.9. The first-order chi connectivity index (χ1) is 9.06. The number of rotatable bonds is 3. The quantitative estimate of drug-likeness (QED) is 0.904. The van der Waals surface area contributed by atoms with Crippen molar-refractivity contribution in [2.75, 3.05) is 10.6 Å². The predicted molar refractivity (Wildman–Crippen MR) is 75.5 cm³/mol. The molecule has 98 valence electrons. The standard InChI is InChI=1S/C13H13N3O2S/c1-8-12(14-7-19-8)13(18)16-11-5-3-10(4-6-11)15-9(2)17/h3-7H,1-2H3,(H,15,17)(H,16,18). The van der Waals surface area contributed by atoms with Crippen LogP contribution in [-0.4, -0.2) is 16.8 Å². The van der Waals surface area contributed by atoms with Gasteiger partial charge in [-0.25, -0.2) is 4.98 Å². The molecule has 0 bridgehead atoms. The second-order valence-corrected chi connectivity index (χ2v) is 5.03. The number of benzene rings is 1. The Kier molecular flexibility index (Phi) is 3.91. The van der Waals surface area contributed by atoms with Gasteiger partial charge in [-0.1, -0.05) is 0 Å². The van der Waals surface area contributed by atoms with Gasteiger partial charge in [-0.2, -0.15) is 0 Å². The highest BCUT2D eigenvalue weighted by atomic mass is 32.1. The minimum atomic E-state index is -0.231. The smallest absolute Gasteiger partial charge is 0.275 e. The predicted octanol–water partition coefficient (Wildman–Crippen LogP) is 2.66. The summed E-state index contributed by atoms with van der Waals surface area (Å²) in [7, 11) is 0. The first-order valence-corrected chi connectivity index (χ1v) is 6.53. The van der Waals surface area contributed by atoms with Crippen LogP contribution >= 0.6 is 11.3 Å². The largest absolute Gasteiger partial charge is 0.326 e. The minimum absolute atomic E-state index is 0.130. The highest BCUT2D eigenvalue weighted by Gasteiger charge is 2.11. The number of amides is 2. The lowest BCUT2D eigenvalue weighted by molar-refractivity contribution is -0.114. The van der Waals surface area contributed by atoms with Crippen molar-refractivity contribution in [2.24, 2.45) is 0 Å². The molecule has 6 heteroatoms. The molecular formula is C13H13N3O2S. The maximum absolute atomic E-state index is 11.9. The van der Waals surface area contributed by atoms with Gasteiger partial charge in [-0.3, -0.25) is 9.59 Å². The number of anilines is 2. The van der Waals surface area contributed by atoms with E-state index in [2.05, 4.69) is 15.6 Å². The second kappa shape index (κ2) is 5.62. The van der Waals surface area contributed by atoms with Gasteiger partial charge >= 0.3 is 0 Å². The lowest BCUT2D eigenvalue weighted by atomic mass is 10.2. The number of nitrogens with zero attached hydrogens (tertiary/aromatic N) is 1. The molecule has 1 aromatic carbocycles. The van der Waals surface area contributed by atoms with Crippen LogP contribution < -0.4 is 10.6 Å². The van der Waals surface area contributed by atoms with Crippen LogP contribution in [0.3, 0.4) is 0 Å². The summed E-state index contributed by atoms with van der Waals surface area (Å²) in [6, 6.07) is 6.91. The van der Waals surface area contributed by atoms with E-state index in [0.29, 0.717) is 17.1 Å². The lowest BCUT2D eigenvalue weighted by Gasteiger charge is -2.06. The molecule has 2 N–H and O–H groups in total. The summed E-state index contributed by atoms with van der Waals surface area (Å²) in [6.07, 6.45) is 0. The molecule has 0 saturated heterocycles. The number of carbonyl (C=O) groups is 2. The lowest BCUT2D eigenvalue weighted by Crippen LogP contribution is -2.13. The monoisotopic (exact) mass is 275 g/mol. The summed E-state index contributed by atoms with van der Waals surface area (Å²) in [6.45, 7) is 3.30. The molecule has 0 radical (unpaired) electrons. The fourth-order valence-electron chi connectivity index (χ4n) is 1.55. The Balaban J connectivity index is 2.06. The fraction of sp³-hybridized carbons (Fsp3) is 0.154. The number of hydrogen-bond donors (Lipinski definition) is 2. The number of hydrogen-bond acceptors (Lipinski definition) is 4. The third kappa shape index (κ3) is 3.38. The number of carbonyl (C=O) groups excluding carboxylic acids is 2. The van der Waals surface area contributed by atoms with Crippen molar-refractivity contribution >= 4 is 34.5 Å². The van der Waals surface area contributed by atoms with Crippen molar-refractivity contribution in [3.63, 3.8) is 0 Å². The van der Waals surface area contributed by atoms with E-state index in [4.69, 9.17) is 0 Å². The average molecular weight is 275 g/mol. The molecule has 0 unspecified atom stereocenters. The van der Waals surface area contributed by atoms with Crippen molar-refractivity contribution in [3.05, 3.63) is 40.3 Å². The van der Waals surface area contributed by atoms with Gasteiger partial charge in [0.2, 0.25) is 5.91 Å². The molecule has 2 amide bonds. The molecule has 0 aliphatic rings. The van der Waals surface area contributed by atoms with Gasteiger partial charge in [-0.05, 0) is 31.2 Å². The van der Waals surface area contributed by atoms with E-state index in [1.807, 2.05) is 6.92 Å². The Morgan fingerprint density at radius 2 is 1.68 bits per heavy atom. The van der Waals surface area contributed by atoms with Crippen molar-refractivity contribution in [1.29, 1.82) is 0 Å². The molecule has 0 saturated carbocycles. The van der Waals surface area contributed by atoms with Crippen LogP contribution in [0.15, 0.2) is 29.8 Å². The first-order valence-electron chi connectivity index (χ1n) is 5.65. The highest BCUT2D eigenvalue weighted by molar-refractivity contribution is 7.09. The molecule has 1 aromatic heterocycles. The average Bonchev–Trinajstić information content (AvgIpc) is 2.77. The third-order valence-electron chi connectivity index (χ3n) is 2.42. The van der Waals surface area contributed by atoms with Gasteiger partial charge in [-0.15, -0.1) is 11.3 Å². The van der Waals surface area contributed by atoms with Crippen LogP contribution in [0, 0.1) is 6.92 Å². The molecule has 1 heterocycles. The Morgan fingerprint density at radius 1 is 1.11 bits per heavy atom. The molecule has 0 fully saturated rings. The number of aromatic nitrogens is 1. The third-order valence-corrected chi connectivity index (χ3v) is 3.18. The molecule has 5 nitrogen and oxygen atoms in total. The zero-order valence-electron chi connectivity index (χ0n) is 10.6. The van der Waals surface area contributed by atoms with Gasteiger partial charge in [0, 0.05) is 23.2 Å². The summed E-state index contributed by atoms with van der Waals surface area (Å²) >= 11 is 1.43. The normalized spacial score (nSPS) is 10.0. The Morgan fingerprint density at radius 3 is 2.16 bits per heavy atom. The molecule has 0 aliphatic heterocycles. The molecule has 0 aliphatic carbocycles. The summed E-state index contributed by atoms with van der Waals surface area (Å²) in [5.74, 6) is -0.360. The van der Waals surface area contributed by atoms with Crippen LogP contribution in [0.5, 0.6) is 0 Å². The van der Waals surface area contributed by atoms with Crippen molar-refractivity contribution in [3.8, 4) is 0 Å². The molecule has 0 spiro atoms. The van der Waals surface area contributed by atoms with E-state index in [9.17, 15) is 9.59 Å². The van der Waals surface area contributed by atoms with Crippen molar-refractivity contribution < 1.29 is 9.59 Å². The van der Waals surface area contributed by atoms with Gasteiger partial charge in [0.25, 0.3) is 5.91 Å². The summed E-state index contributed by atoms with van der Waals surface area (Å²) < 4.78 is 0. The van der Waals surface area contributed by atoms with E-state index in [1.54, 1.807) is 29.8 Å². The molecule has 0 atom stereocenters. The van der Waals surface area contributed by atoms with Gasteiger partial charge < -0.3 is 10.6 Å². The number of nitrogens with one attached hydrogen (secondary N) is 2. The zero-order chi connectivity index (χ0) is 13.8. The highest BCUT2D eigenvalue weighted by Crippen LogP contribution is 2.16. The minimum Gasteiger partial charge on any atom is -0.326 e. The molecule has 2 rings (SSSR count). The fourth-order valence-corrected chi connectivity index (χ4v) is 2.13. The van der Waals surface area contributed by atoms with Gasteiger partial charge in [0.1, 0.15) is 5.69 Å². The van der Waals surface area contributed by atoms with Gasteiger partial charge in [0.05, 0.1) is 5.51 Å². The molecule has 2 aromatic rings. The molecular weight excluding hydrogens is 262 g/mol. The van der Waals surface area contributed by atoms with Crippen LogP contribution in [0.25, 0.3) is 0 Å². The topological polar surface area (TPSA) is 71.1 Å². The van der Waals surface area contributed by atoms with Crippen LogP contribution in [0.1, 0.15) is 22.3 Å². The summed E-state index contributed by atoms with van der Waals surface area (Å²) in [4.78, 5) is 27.7. The van der Waals surface area contributed by atoms with E-state index in [-0.39, 0.29) is 11.8 Å². The SMILES string of the molecule is CC(=O)Nc1ccc(NC(=O)c2ncsc2C)cc1. The van der Waals surface area contributed by atoms with E-state index in [1.165, 1.54) is 18.3 Å². The summed E-state index contributed by atoms with van der Waals surface area (Å²) in [5.41, 5.74) is 3.43. The van der Waals surface area contributed by atoms with Gasteiger partial charge in [0.15, 0.2) is 0 Å². The van der Waals surface area contributed by atoms with Crippen molar-refractivity contribution in [2.45, 2.75) is 13.8 Å². The Hall–Kier alpha value is -2.21. The maximum Gasteiger partial charge on any atom is 0.275 e.